The highest BCUT2D eigenvalue weighted by molar-refractivity contribution is 6.31. The third-order valence-electron chi connectivity index (χ3n) is 5.33. The van der Waals surface area contributed by atoms with Crippen molar-refractivity contribution in [3.8, 4) is 0 Å². The number of hydrogen-bond acceptors (Lipinski definition) is 3. The van der Waals surface area contributed by atoms with E-state index >= 15 is 0 Å². The minimum absolute atomic E-state index is 0.0361. The van der Waals surface area contributed by atoms with Crippen molar-refractivity contribution in [1.29, 1.82) is 0 Å². The monoisotopic (exact) mass is 347 g/mol. The van der Waals surface area contributed by atoms with Crippen LogP contribution in [0.15, 0.2) is 24.3 Å². The fraction of sp³-hybridized carbons (Fsp3) is 0.500. The van der Waals surface area contributed by atoms with E-state index in [4.69, 9.17) is 11.6 Å². The molecule has 2 aliphatic rings. The molecule has 1 aliphatic carbocycles. The van der Waals surface area contributed by atoms with Gasteiger partial charge in [-0.25, -0.2) is 0 Å². The number of hydrogen-bond donors (Lipinski definition) is 2. The Morgan fingerprint density at radius 2 is 1.96 bits per heavy atom. The highest BCUT2D eigenvalue weighted by Crippen LogP contribution is 2.26. The molecule has 5 nitrogen and oxygen atoms in total. The summed E-state index contributed by atoms with van der Waals surface area (Å²) in [6.45, 7) is 3.08. The number of aliphatic hydroxyl groups is 1. The Morgan fingerprint density at radius 3 is 2.67 bits per heavy atom. The van der Waals surface area contributed by atoms with E-state index in [1.807, 2.05) is 29.2 Å². The van der Waals surface area contributed by atoms with E-state index in [1.54, 1.807) is 0 Å². The van der Waals surface area contributed by atoms with Crippen LogP contribution >= 0.6 is 11.6 Å². The smallest absolute Gasteiger partial charge is 0.270 e. The van der Waals surface area contributed by atoms with E-state index < -0.39 is 0 Å². The lowest BCUT2D eigenvalue weighted by Gasteiger charge is -2.38. The average molecular weight is 348 g/mol. The van der Waals surface area contributed by atoms with Crippen LogP contribution in [0.3, 0.4) is 0 Å². The van der Waals surface area contributed by atoms with Gasteiger partial charge in [0.2, 0.25) is 0 Å². The van der Waals surface area contributed by atoms with E-state index in [-0.39, 0.29) is 18.1 Å². The van der Waals surface area contributed by atoms with Crippen molar-refractivity contribution in [2.75, 3.05) is 26.2 Å². The zero-order chi connectivity index (χ0) is 16.7. The zero-order valence-electron chi connectivity index (χ0n) is 13.5. The van der Waals surface area contributed by atoms with E-state index in [0.29, 0.717) is 23.8 Å². The molecular weight excluding hydrogens is 326 g/mol. The molecule has 1 aliphatic heterocycles. The number of halogens is 1. The molecule has 1 amide bonds. The summed E-state index contributed by atoms with van der Waals surface area (Å²) in [5.74, 6) is 0.0361. The third kappa shape index (κ3) is 2.92. The van der Waals surface area contributed by atoms with Gasteiger partial charge >= 0.3 is 0 Å². The first-order valence-corrected chi connectivity index (χ1v) is 8.99. The van der Waals surface area contributed by atoms with E-state index in [0.717, 1.165) is 43.3 Å². The zero-order valence-corrected chi connectivity index (χ0v) is 14.3. The van der Waals surface area contributed by atoms with Crippen LogP contribution in [0, 0.1) is 0 Å². The number of carbonyl (C=O) groups is 1. The van der Waals surface area contributed by atoms with Gasteiger partial charge in [0.1, 0.15) is 5.69 Å². The van der Waals surface area contributed by atoms with E-state index in [2.05, 4.69) is 9.88 Å². The number of H-pyrrole nitrogens is 1. The van der Waals surface area contributed by atoms with Gasteiger partial charge in [-0.2, -0.15) is 0 Å². The molecule has 128 valence electrons. The Kier molecular flexibility index (Phi) is 4.24. The topological polar surface area (TPSA) is 59.6 Å². The molecule has 4 rings (SSSR count). The van der Waals surface area contributed by atoms with Crippen LogP contribution in [-0.4, -0.2) is 64.1 Å². The number of nitrogens with one attached hydrogen (secondary N) is 1. The number of fused-ring (bicyclic) bond motifs is 1. The maximum atomic E-state index is 12.7. The summed E-state index contributed by atoms with van der Waals surface area (Å²) in [5, 5.41) is 11.7. The Bertz CT molecular complexity index is 752. The van der Waals surface area contributed by atoms with E-state index in [9.17, 15) is 9.90 Å². The molecule has 1 saturated heterocycles. The number of amides is 1. The van der Waals surface area contributed by atoms with Gasteiger partial charge in [0.05, 0.1) is 6.10 Å². The summed E-state index contributed by atoms with van der Waals surface area (Å²) in [5.41, 5.74) is 1.54. The predicted octanol–water partition coefficient (Wildman–Crippen LogP) is 2.49. The molecule has 0 radical (unpaired) electrons. The molecule has 0 bridgehead atoms. The first-order chi connectivity index (χ1) is 11.6. The second kappa shape index (κ2) is 6.39. The summed E-state index contributed by atoms with van der Waals surface area (Å²) >= 11 is 6.01. The van der Waals surface area contributed by atoms with Gasteiger partial charge in [-0.05, 0) is 43.5 Å². The Balaban J connectivity index is 1.43. The highest BCUT2D eigenvalue weighted by Gasteiger charge is 2.33. The summed E-state index contributed by atoms with van der Waals surface area (Å²) in [6.07, 6.45) is 2.87. The molecule has 2 N–H and O–H groups in total. The van der Waals surface area contributed by atoms with Crippen molar-refractivity contribution in [1.82, 2.24) is 14.8 Å². The molecule has 24 heavy (non-hydrogen) atoms. The SMILES string of the molecule is O=C(c1cc2cc(Cl)ccc2[nH]1)N1CCN(C2CCCC2O)CC1. The molecule has 2 heterocycles. The van der Waals surface area contributed by atoms with Crippen LogP contribution in [0.1, 0.15) is 29.8 Å². The number of aliphatic hydroxyl groups excluding tert-OH is 1. The number of aromatic nitrogens is 1. The van der Waals surface area contributed by atoms with Gasteiger partial charge in [0.25, 0.3) is 5.91 Å². The van der Waals surface area contributed by atoms with Crippen LogP contribution in [0.2, 0.25) is 5.02 Å². The molecule has 6 heteroatoms. The molecule has 1 aromatic heterocycles. The van der Waals surface area contributed by atoms with Gasteiger partial charge in [-0.1, -0.05) is 11.6 Å². The first-order valence-electron chi connectivity index (χ1n) is 8.61. The number of benzene rings is 1. The minimum Gasteiger partial charge on any atom is -0.391 e. The molecular formula is C18H22ClN3O2. The van der Waals surface area contributed by atoms with Crippen molar-refractivity contribution in [3.05, 3.63) is 35.0 Å². The van der Waals surface area contributed by atoms with Crippen LogP contribution in [0.25, 0.3) is 10.9 Å². The van der Waals surface area contributed by atoms with Gasteiger partial charge in [0, 0.05) is 48.1 Å². The lowest BCUT2D eigenvalue weighted by molar-refractivity contribution is 0.0313. The predicted molar refractivity (Wildman–Crippen MR) is 94.4 cm³/mol. The van der Waals surface area contributed by atoms with Crippen molar-refractivity contribution in [2.24, 2.45) is 0 Å². The van der Waals surface area contributed by atoms with Crippen LogP contribution < -0.4 is 0 Å². The Hall–Kier alpha value is -1.56. The molecule has 1 saturated carbocycles. The van der Waals surface area contributed by atoms with Gasteiger partial charge in [-0.3, -0.25) is 9.69 Å². The summed E-state index contributed by atoms with van der Waals surface area (Å²) < 4.78 is 0. The number of carbonyl (C=O) groups excluding carboxylic acids is 1. The molecule has 0 spiro atoms. The molecule has 2 unspecified atom stereocenters. The summed E-state index contributed by atoms with van der Waals surface area (Å²) in [7, 11) is 0. The lowest BCUT2D eigenvalue weighted by atomic mass is 10.1. The van der Waals surface area contributed by atoms with Crippen molar-refractivity contribution in [3.63, 3.8) is 0 Å². The summed E-state index contributed by atoms with van der Waals surface area (Å²) in [6, 6.07) is 7.73. The second-order valence-corrected chi connectivity index (χ2v) is 7.24. The fourth-order valence-electron chi connectivity index (χ4n) is 3.99. The number of nitrogens with zero attached hydrogens (tertiary/aromatic N) is 2. The van der Waals surface area contributed by atoms with Crippen molar-refractivity contribution >= 4 is 28.4 Å². The van der Waals surface area contributed by atoms with Crippen molar-refractivity contribution in [2.45, 2.75) is 31.4 Å². The van der Waals surface area contributed by atoms with Crippen LogP contribution in [0.5, 0.6) is 0 Å². The molecule has 2 atom stereocenters. The highest BCUT2D eigenvalue weighted by atomic mass is 35.5. The number of piperazine rings is 1. The third-order valence-corrected chi connectivity index (χ3v) is 5.56. The minimum atomic E-state index is -0.203. The Morgan fingerprint density at radius 1 is 1.17 bits per heavy atom. The lowest BCUT2D eigenvalue weighted by Crippen LogP contribution is -2.53. The largest absolute Gasteiger partial charge is 0.391 e. The van der Waals surface area contributed by atoms with Crippen LogP contribution in [-0.2, 0) is 0 Å². The number of aromatic amines is 1. The maximum Gasteiger partial charge on any atom is 0.270 e. The van der Waals surface area contributed by atoms with Crippen molar-refractivity contribution < 1.29 is 9.90 Å². The van der Waals surface area contributed by atoms with Crippen LogP contribution in [0.4, 0.5) is 0 Å². The normalized spacial score (nSPS) is 25.5. The standard InChI is InChI=1S/C18H22ClN3O2/c19-13-4-5-14-12(10-13)11-15(20-14)18(24)22-8-6-21(7-9-22)16-2-1-3-17(16)23/h4-5,10-11,16-17,20,23H,1-3,6-9H2. The van der Waals surface area contributed by atoms with Gasteiger partial charge < -0.3 is 15.0 Å². The Labute approximate surface area is 146 Å². The maximum absolute atomic E-state index is 12.7. The van der Waals surface area contributed by atoms with Gasteiger partial charge in [-0.15, -0.1) is 0 Å². The van der Waals surface area contributed by atoms with E-state index in [1.165, 1.54) is 0 Å². The molecule has 2 fully saturated rings. The summed E-state index contributed by atoms with van der Waals surface area (Å²) in [4.78, 5) is 20.2. The fourth-order valence-corrected chi connectivity index (χ4v) is 4.17. The first kappa shape index (κ1) is 15.9. The quantitative estimate of drug-likeness (QED) is 0.877. The molecule has 2 aromatic rings. The number of rotatable bonds is 2. The average Bonchev–Trinajstić information content (AvgIpc) is 3.20. The molecule has 1 aromatic carbocycles. The van der Waals surface area contributed by atoms with Gasteiger partial charge in [0.15, 0.2) is 0 Å². The second-order valence-electron chi connectivity index (χ2n) is 6.81.